The molecule has 0 bridgehead atoms. The van der Waals surface area contributed by atoms with Gasteiger partial charge >= 0.3 is 0 Å². The number of ether oxygens (including phenoxy) is 2. The van der Waals surface area contributed by atoms with Crippen molar-refractivity contribution in [1.29, 1.82) is 0 Å². The highest BCUT2D eigenvalue weighted by atomic mass is 16.6. The van der Waals surface area contributed by atoms with E-state index in [1.807, 2.05) is 6.92 Å². The quantitative estimate of drug-likeness (QED) is 0.703. The zero-order valence-electron chi connectivity index (χ0n) is 8.47. The second-order valence-electron chi connectivity index (χ2n) is 4.28. The van der Waals surface area contributed by atoms with E-state index in [-0.39, 0.29) is 18.0 Å². The Morgan fingerprint density at radius 2 is 2.21 bits per heavy atom. The van der Waals surface area contributed by atoms with E-state index in [2.05, 4.69) is 6.92 Å². The van der Waals surface area contributed by atoms with E-state index < -0.39 is 12.2 Å². The Morgan fingerprint density at radius 1 is 1.57 bits per heavy atom. The molecular formula is C10H16O4. The Bertz CT molecular complexity index is 230. The zero-order chi connectivity index (χ0) is 10.3. The van der Waals surface area contributed by atoms with Crippen molar-refractivity contribution < 1.29 is 19.4 Å². The molecule has 1 saturated carbocycles. The molecule has 2 aliphatic rings. The van der Waals surface area contributed by atoms with Crippen LogP contribution in [0.2, 0.25) is 0 Å². The Labute approximate surface area is 83.2 Å². The zero-order valence-corrected chi connectivity index (χ0v) is 8.47. The number of hydrogen-bond donors (Lipinski definition) is 1. The number of ketones is 1. The normalized spacial score (nSPS) is 47.1. The fourth-order valence-electron chi connectivity index (χ4n) is 1.80. The highest BCUT2D eigenvalue weighted by Gasteiger charge is 2.50. The Morgan fingerprint density at radius 3 is 2.64 bits per heavy atom. The van der Waals surface area contributed by atoms with Crippen LogP contribution in [0.4, 0.5) is 0 Å². The molecule has 0 aromatic heterocycles. The fourth-order valence-corrected chi connectivity index (χ4v) is 1.80. The van der Waals surface area contributed by atoms with Crippen molar-refractivity contribution in [1.82, 2.24) is 0 Å². The minimum atomic E-state index is -0.883. The summed E-state index contributed by atoms with van der Waals surface area (Å²) >= 11 is 0. The average molecular weight is 200 g/mol. The fraction of sp³-hybridized carbons (Fsp3) is 0.900. The smallest absolute Gasteiger partial charge is 0.196 e. The van der Waals surface area contributed by atoms with E-state index in [9.17, 15) is 4.79 Å². The Kier molecular flexibility index (Phi) is 2.60. The molecule has 1 N–H and O–H groups in total. The first kappa shape index (κ1) is 10.1. The largest absolute Gasteiger partial charge is 0.382 e. The number of carbonyl (C=O) groups excluding carboxylic acids is 1. The molecule has 2 fully saturated rings. The molecule has 2 rings (SSSR count). The number of aliphatic hydroxyl groups is 1. The molecule has 4 nitrogen and oxygen atoms in total. The third-order valence-electron chi connectivity index (χ3n) is 3.05. The van der Waals surface area contributed by atoms with Crippen LogP contribution in [0.25, 0.3) is 0 Å². The molecule has 0 amide bonds. The third kappa shape index (κ3) is 1.82. The van der Waals surface area contributed by atoms with Crippen LogP contribution in [0.1, 0.15) is 20.3 Å². The summed E-state index contributed by atoms with van der Waals surface area (Å²) in [5.74, 6) is 0.340. The van der Waals surface area contributed by atoms with Gasteiger partial charge < -0.3 is 14.6 Å². The van der Waals surface area contributed by atoms with Crippen molar-refractivity contribution in [2.45, 2.75) is 44.7 Å². The summed E-state index contributed by atoms with van der Waals surface area (Å²) in [6.07, 6.45) is -0.141. The molecule has 1 heterocycles. The van der Waals surface area contributed by atoms with Crippen LogP contribution in [0.5, 0.6) is 0 Å². The molecule has 1 aliphatic carbocycles. The number of Topliss-reactive ketones (excluding diaryl/α,β-unsaturated/α-hetero) is 1. The molecule has 4 heteroatoms. The SMILES string of the molecule is C[C@@H]1O[C@H](COC2C(=O)C2O)C[C@@H]1C. The van der Waals surface area contributed by atoms with Gasteiger partial charge in [0.2, 0.25) is 0 Å². The second-order valence-corrected chi connectivity index (χ2v) is 4.28. The molecule has 2 unspecified atom stereocenters. The summed E-state index contributed by atoms with van der Waals surface area (Å²) in [5, 5.41) is 8.96. The van der Waals surface area contributed by atoms with Gasteiger partial charge in [-0.15, -0.1) is 0 Å². The number of carbonyl (C=O) groups is 1. The van der Waals surface area contributed by atoms with Crippen LogP contribution in [0.3, 0.4) is 0 Å². The van der Waals surface area contributed by atoms with Crippen LogP contribution in [-0.2, 0) is 14.3 Å². The molecular weight excluding hydrogens is 184 g/mol. The summed E-state index contributed by atoms with van der Waals surface area (Å²) < 4.78 is 10.8. The highest BCUT2D eigenvalue weighted by molar-refractivity contribution is 6.04. The maximum absolute atomic E-state index is 10.7. The van der Waals surface area contributed by atoms with Gasteiger partial charge in [0.15, 0.2) is 11.9 Å². The molecule has 1 saturated heterocycles. The summed E-state index contributed by atoms with van der Waals surface area (Å²) in [4.78, 5) is 10.7. The van der Waals surface area contributed by atoms with Crippen LogP contribution in [0.15, 0.2) is 0 Å². The summed E-state index contributed by atoms with van der Waals surface area (Å²) in [6, 6.07) is 0. The molecule has 0 aromatic carbocycles. The van der Waals surface area contributed by atoms with Crippen molar-refractivity contribution in [3.05, 3.63) is 0 Å². The van der Waals surface area contributed by atoms with Crippen molar-refractivity contribution in [2.24, 2.45) is 5.92 Å². The topological polar surface area (TPSA) is 55.8 Å². The standard InChI is InChI=1S/C10H16O4/c1-5-3-7(14-6(5)2)4-13-10-8(11)9(10)12/h5-8,10-11H,3-4H2,1-2H3/t5-,6-,7-,8?,10?/m0/s1. The Balaban J connectivity index is 1.70. The van der Waals surface area contributed by atoms with E-state index in [0.717, 1.165) is 6.42 Å². The van der Waals surface area contributed by atoms with Crippen molar-refractivity contribution in [2.75, 3.05) is 6.61 Å². The van der Waals surface area contributed by atoms with Crippen molar-refractivity contribution >= 4 is 5.78 Å². The molecule has 14 heavy (non-hydrogen) atoms. The first-order valence-electron chi connectivity index (χ1n) is 5.08. The van der Waals surface area contributed by atoms with Gasteiger partial charge in [0.05, 0.1) is 18.8 Å². The minimum Gasteiger partial charge on any atom is -0.382 e. The molecule has 0 spiro atoms. The van der Waals surface area contributed by atoms with Crippen LogP contribution in [0, 0.1) is 5.92 Å². The van der Waals surface area contributed by atoms with Gasteiger partial charge in [0.25, 0.3) is 0 Å². The lowest BCUT2D eigenvalue weighted by Gasteiger charge is -2.10. The maximum atomic E-state index is 10.7. The lowest BCUT2D eigenvalue weighted by atomic mass is 10.0. The average Bonchev–Trinajstić information content (AvgIpc) is 2.53. The summed E-state index contributed by atoms with van der Waals surface area (Å²) in [7, 11) is 0. The molecule has 0 aromatic rings. The third-order valence-corrected chi connectivity index (χ3v) is 3.05. The van der Waals surface area contributed by atoms with Gasteiger partial charge in [-0.2, -0.15) is 0 Å². The summed E-state index contributed by atoms with van der Waals surface area (Å²) in [6.45, 7) is 4.60. The van der Waals surface area contributed by atoms with Crippen molar-refractivity contribution in [3.63, 3.8) is 0 Å². The number of aliphatic hydroxyl groups excluding tert-OH is 1. The first-order chi connectivity index (χ1) is 6.59. The van der Waals surface area contributed by atoms with E-state index in [1.165, 1.54) is 0 Å². The van der Waals surface area contributed by atoms with Gasteiger partial charge in [0, 0.05) is 0 Å². The highest BCUT2D eigenvalue weighted by Crippen LogP contribution is 2.27. The van der Waals surface area contributed by atoms with Crippen molar-refractivity contribution in [3.8, 4) is 0 Å². The predicted molar refractivity (Wildman–Crippen MR) is 48.9 cm³/mol. The van der Waals surface area contributed by atoms with E-state index in [1.54, 1.807) is 0 Å². The monoisotopic (exact) mass is 200 g/mol. The van der Waals surface area contributed by atoms with Crippen LogP contribution >= 0.6 is 0 Å². The summed E-state index contributed by atoms with van der Waals surface area (Å²) in [5.41, 5.74) is 0. The van der Waals surface area contributed by atoms with Gasteiger partial charge in [0.1, 0.15) is 6.10 Å². The predicted octanol–water partition coefficient (Wildman–Crippen LogP) is 0.129. The second kappa shape index (κ2) is 3.61. The van der Waals surface area contributed by atoms with E-state index in [4.69, 9.17) is 14.6 Å². The minimum absolute atomic E-state index is 0.0839. The van der Waals surface area contributed by atoms with E-state index >= 15 is 0 Å². The van der Waals surface area contributed by atoms with E-state index in [0.29, 0.717) is 12.5 Å². The van der Waals surface area contributed by atoms with Gasteiger partial charge in [-0.05, 0) is 19.3 Å². The van der Waals surface area contributed by atoms with Gasteiger partial charge in [-0.25, -0.2) is 0 Å². The first-order valence-corrected chi connectivity index (χ1v) is 5.08. The lowest BCUT2D eigenvalue weighted by Crippen LogP contribution is -2.17. The molecule has 5 atom stereocenters. The van der Waals surface area contributed by atoms with Crippen LogP contribution in [-0.4, -0.2) is 41.9 Å². The molecule has 0 radical (unpaired) electrons. The molecule has 1 aliphatic heterocycles. The lowest BCUT2D eigenvalue weighted by molar-refractivity contribution is -0.115. The molecule has 80 valence electrons. The van der Waals surface area contributed by atoms with Gasteiger partial charge in [-0.1, -0.05) is 6.92 Å². The maximum Gasteiger partial charge on any atom is 0.196 e. The van der Waals surface area contributed by atoms with Gasteiger partial charge in [-0.3, -0.25) is 4.79 Å². The number of hydrogen-bond acceptors (Lipinski definition) is 4. The number of rotatable bonds is 3. The Hall–Kier alpha value is -0.450. The van der Waals surface area contributed by atoms with Crippen LogP contribution < -0.4 is 0 Å².